The van der Waals surface area contributed by atoms with E-state index in [-0.39, 0.29) is 5.92 Å². The minimum atomic E-state index is -0.645. The molecule has 12 heavy (non-hydrogen) atoms. The van der Waals surface area contributed by atoms with Gasteiger partial charge < -0.3 is 9.84 Å². The first-order valence-electron chi connectivity index (χ1n) is 4.29. The highest BCUT2D eigenvalue weighted by atomic mass is 16.5. The van der Waals surface area contributed by atoms with Gasteiger partial charge >= 0.3 is 0 Å². The number of nitriles is 1. The molecule has 1 saturated heterocycles. The Balaban J connectivity index is 2.74. The maximum Gasteiger partial charge on any atom is 0.109 e. The minimum Gasteiger partial charge on any atom is -0.391 e. The fourth-order valence-electron chi connectivity index (χ4n) is 1.61. The van der Waals surface area contributed by atoms with Gasteiger partial charge in [0, 0.05) is 6.61 Å². The van der Waals surface area contributed by atoms with Crippen LogP contribution in [0.15, 0.2) is 0 Å². The lowest BCUT2D eigenvalue weighted by Crippen LogP contribution is -2.38. The van der Waals surface area contributed by atoms with Gasteiger partial charge in [-0.3, -0.25) is 0 Å². The number of aliphatic hydroxyl groups is 1. The quantitative estimate of drug-likeness (QED) is 0.669. The van der Waals surface area contributed by atoms with Crippen LogP contribution in [0.5, 0.6) is 0 Å². The van der Waals surface area contributed by atoms with Crippen molar-refractivity contribution in [2.75, 3.05) is 13.2 Å². The molecule has 0 saturated carbocycles. The number of hydrogen-bond acceptors (Lipinski definition) is 3. The van der Waals surface area contributed by atoms with Crippen LogP contribution in [0.3, 0.4) is 0 Å². The van der Waals surface area contributed by atoms with E-state index in [4.69, 9.17) is 10.00 Å². The standard InChI is InChI=1S/C9H15NO2/c1-7(2)8(11)9(5-10)3-4-12-6-9/h7-8,11H,3-4,6H2,1-2H3. The number of rotatable bonds is 2. The highest BCUT2D eigenvalue weighted by Gasteiger charge is 2.43. The molecule has 1 aliphatic heterocycles. The van der Waals surface area contributed by atoms with Crippen LogP contribution >= 0.6 is 0 Å². The van der Waals surface area contributed by atoms with Gasteiger partial charge in [0.05, 0.1) is 18.8 Å². The Hall–Kier alpha value is -0.590. The molecule has 1 aliphatic rings. The largest absolute Gasteiger partial charge is 0.391 e. The van der Waals surface area contributed by atoms with E-state index in [1.54, 1.807) is 0 Å². The minimum absolute atomic E-state index is 0.117. The fourth-order valence-corrected chi connectivity index (χ4v) is 1.61. The Morgan fingerprint density at radius 3 is 2.58 bits per heavy atom. The zero-order valence-corrected chi connectivity index (χ0v) is 7.58. The summed E-state index contributed by atoms with van der Waals surface area (Å²) < 4.78 is 5.14. The summed E-state index contributed by atoms with van der Waals surface area (Å²) >= 11 is 0. The van der Waals surface area contributed by atoms with E-state index < -0.39 is 11.5 Å². The van der Waals surface area contributed by atoms with Crippen molar-refractivity contribution in [2.45, 2.75) is 26.4 Å². The molecule has 2 atom stereocenters. The fraction of sp³-hybridized carbons (Fsp3) is 0.889. The van der Waals surface area contributed by atoms with Gasteiger partial charge in [-0.25, -0.2) is 0 Å². The predicted molar refractivity (Wildman–Crippen MR) is 44.3 cm³/mol. The van der Waals surface area contributed by atoms with Gasteiger partial charge in [-0.1, -0.05) is 13.8 Å². The zero-order chi connectivity index (χ0) is 9.19. The number of hydrogen-bond donors (Lipinski definition) is 1. The van der Waals surface area contributed by atoms with Crippen molar-refractivity contribution in [3.63, 3.8) is 0 Å². The number of aliphatic hydroxyl groups excluding tert-OH is 1. The van der Waals surface area contributed by atoms with Crippen LogP contribution in [0.4, 0.5) is 0 Å². The Labute approximate surface area is 73.0 Å². The second-order valence-corrected chi connectivity index (χ2v) is 3.76. The van der Waals surface area contributed by atoms with E-state index in [0.717, 1.165) is 0 Å². The van der Waals surface area contributed by atoms with Gasteiger partial charge in [0.15, 0.2) is 0 Å². The molecule has 0 aromatic carbocycles. The van der Waals surface area contributed by atoms with Crippen LogP contribution < -0.4 is 0 Å². The van der Waals surface area contributed by atoms with Gasteiger partial charge in [-0.2, -0.15) is 5.26 Å². The summed E-state index contributed by atoms with van der Waals surface area (Å²) in [6.45, 7) is 4.81. The lowest BCUT2D eigenvalue weighted by molar-refractivity contribution is 0.0180. The third kappa shape index (κ3) is 1.45. The molecule has 0 aliphatic carbocycles. The predicted octanol–water partition coefficient (Wildman–Crippen LogP) is 0.934. The molecule has 0 bridgehead atoms. The van der Waals surface area contributed by atoms with Crippen molar-refractivity contribution in [1.29, 1.82) is 5.26 Å². The molecule has 2 unspecified atom stereocenters. The van der Waals surface area contributed by atoms with Crippen molar-refractivity contribution < 1.29 is 9.84 Å². The summed E-state index contributed by atoms with van der Waals surface area (Å²) in [7, 11) is 0. The molecule has 1 N–H and O–H groups in total. The van der Waals surface area contributed by atoms with Crippen molar-refractivity contribution in [2.24, 2.45) is 11.3 Å². The average Bonchev–Trinajstić information content (AvgIpc) is 2.52. The van der Waals surface area contributed by atoms with Gasteiger partial charge in [-0.15, -0.1) is 0 Å². The van der Waals surface area contributed by atoms with Gasteiger partial charge in [0.1, 0.15) is 5.41 Å². The second-order valence-electron chi connectivity index (χ2n) is 3.76. The summed E-state index contributed by atoms with van der Waals surface area (Å²) in [5.74, 6) is 0.117. The van der Waals surface area contributed by atoms with Crippen molar-refractivity contribution in [1.82, 2.24) is 0 Å². The molecule has 1 rings (SSSR count). The first-order valence-corrected chi connectivity index (χ1v) is 4.29. The van der Waals surface area contributed by atoms with E-state index in [1.807, 2.05) is 13.8 Å². The van der Waals surface area contributed by atoms with Crippen molar-refractivity contribution in [3.8, 4) is 6.07 Å². The maximum atomic E-state index is 9.77. The molecular formula is C9H15NO2. The van der Waals surface area contributed by atoms with Crippen LogP contribution in [-0.4, -0.2) is 24.4 Å². The molecule has 0 spiro atoms. The van der Waals surface area contributed by atoms with Gasteiger partial charge in [0.25, 0.3) is 0 Å². The third-order valence-corrected chi connectivity index (χ3v) is 2.47. The van der Waals surface area contributed by atoms with Gasteiger partial charge in [0.2, 0.25) is 0 Å². The Bertz CT molecular complexity index is 189. The zero-order valence-electron chi connectivity index (χ0n) is 7.58. The van der Waals surface area contributed by atoms with Crippen LogP contribution in [0.2, 0.25) is 0 Å². The monoisotopic (exact) mass is 169 g/mol. The molecule has 0 aromatic heterocycles. The van der Waals surface area contributed by atoms with Crippen LogP contribution in [0.1, 0.15) is 20.3 Å². The molecule has 1 fully saturated rings. The SMILES string of the molecule is CC(C)C(O)C1(C#N)CCOC1. The first kappa shape index (κ1) is 9.50. The van der Waals surface area contributed by atoms with Crippen molar-refractivity contribution in [3.05, 3.63) is 0 Å². The van der Waals surface area contributed by atoms with E-state index in [2.05, 4.69) is 6.07 Å². The maximum absolute atomic E-state index is 9.77. The topological polar surface area (TPSA) is 53.2 Å². The van der Waals surface area contributed by atoms with E-state index in [0.29, 0.717) is 19.6 Å². The summed E-state index contributed by atoms with van der Waals surface area (Å²) in [4.78, 5) is 0. The highest BCUT2D eigenvalue weighted by molar-refractivity contribution is 5.06. The Morgan fingerprint density at radius 1 is 1.58 bits per heavy atom. The smallest absolute Gasteiger partial charge is 0.109 e. The van der Waals surface area contributed by atoms with Crippen LogP contribution in [-0.2, 0) is 4.74 Å². The molecule has 1 heterocycles. The summed E-state index contributed by atoms with van der Waals surface area (Å²) in [6, 6.07) is 2.18. The Morgan fingerprint density at radius 2 is 2.25 bits per heavy atom. The molecule has 0 radical (unpaired) electrons. The lowest BCUT2D eigenvalue weighted by Gasteiger charge is -2.28. The second kappa shape index (κ2) is 3.42. The van der Waals surface area contributed by atoms with Crippen LogP contribution in [0.25, 0.3) is 0 Å². The molecule has 3 heteroatoms. The highest BCUT2D eigenvalue weighted by Crippen LogP contribution is 2.34. The summed E-state index contributed by atoms with van der Waals surface area (Å²) in [5.41, 5.74) is -0.645. The van der Waals surface area contributed by atoms with Crippen molar-refractivity contribution >= 4 is 0 Å². The molecule has 68 valence electrons. The van der Waals surface area contributed by atoms with E-state index in [1.165, 1.54) is 0 Å². The normalized spacial score (nSPS) is 31.9. The average molecular weight is 169 g/mol. The van der Waals surface area contributed by atoms with Crippen LogP contribution in [0, 0.1) is 22.7 Å². The molecule has 0 aromatic rings. The Kier molecular flexibility index (Phi) is 2.71. The van der Waals surface area contributed by atoms with Gasteiger partial charge in [-0.05, 0) is 12.3 Å². The summed E-state index contributed by atoms with van der Waals surface area (Å²) in [6.07, 6.45) is 0.0908. The molecule has 0 amide bonds. The lowest BCUT2D eigenvalue weighted by atomic mass is 9.78. The van der Waals surface area contributed by atoms with E-state index in [9.17, 15) is 5.11 Å². The van der Waals surface area contributed by atoms with E-state index >= 15 is 0 Å². The first-order chi connectivity index (χ1) is 5.62. The number of nitrogens with zero attached hydrogens (tertiary/aromatic N) is 1. The molecule has 3 nitrogen and oxygen atoms in total. The summed E-state index contributed by atoms with van der Waals surface area (Å²) in [5, 5.41) is 18.7. The molecular weight excluding hydrogens is 154 g/mol. The third-order valence-electron chi connectivity index (χ3n) is 2.47. The number of ether oxygens (including phenoxy) is 1.